The Morgan fingerprint density at radius 3 is 2.19 bits per heavy atom. The molecule has 2 spiro atoms. The Hall–Kier alpha value is -0.300. The van der Waals surface area contributed by atoms with Crippen LogP contribution in [0.3, 0.4) is 0 Å². The number of rotatable bonds is 5. The van der Waals surface area contributed by atoms with Gasteiger partial charge in [0.2, 0.25) is 0 Å². The maximum atomic E-state index is 10.9. The molecule has 1 heteroatoms. The van der Waals surface area contributed by atoms with Crippen LogP contribution in [-0.4, -0.2) is 11.2 Å². The maximum Gasteiger partial charge on any atom is 0.0594 e. The molecule has 5 saturated carbocycles. The molecule has 0 saturated heterocycles. The van der Waals surface area contributed by atoms with Gasteiger partial charge in [0.05, 0.1) is 6.10 Å². The number of aliphatic hydroxyl groups is 1. The van der Waals surface area contributed by atoms with E-state index >= 15 is 0 Å². The highest BCUT2D eigenvalue weighted by molar-refractivity contribution is 5.30. The van der Waals surface area contributed by atoms with Gasteiger partial charge in [-0.2, -0.15) is 0 Å². The second-order valence-electron chi connectivity index (χ2n) is 14.9. The zero-order chi connectivity index (χ0) is 23.3. The predicted molar refractivity (Wildman–Crippen MR) is 135 cm³/mol. The fourth-order valence-electron chi connectivity index (χ4n) is 11.2. The van der Waals surface area contributed by atoms with E-state index in [0.717, 1.165) is 30.1 Å². The molecule has 0 aromatic carbocycles. The van der Waals surface area contributed by atoms with Crippen molar-refractivity contribution >= 4 is 0 Å². The van der Waals surface area contributed by atoms with Crippen LogP contribution in [0.15, 0.2) is 12.2 Å². The summed E-state index contributed by atoms with van der Waals surface area (Å²) in [6.07, 6.45) is 15.0. The van der Waals surface area contributed by atoms with Crippen molar-refractivity contribution < 1.29 is 5.11 Å². The second kappa shape index (κ2) is 7.11. The average Bonchev–Trinajstić information content (AvgIpc) is 3.31. The minimum atomic E-state index is -0.0888. The zero-order valence-electron chi connectivity index (χ0n) is 22.4. The maximum absolute atomic E-state index is 10.9. The Morgan fingerprint density at radius 1 is 0.844 bits per heavy atom. The molecule has 5 aliphatic carbocycles. The van der Waals surface area contributed by atoms with Crippen LogP contribution < -0.4 is 0 Å². The van der Waals surface area contributed by atoms with Gasteiger partial charge < -0.3 is 5.11 Å². The highest BCUT2D eigenvalue weighted by Gasteiger charge is 2.82. The summed E-state index contributed by atoms with van der Waals surface area (Å²) in [6, 6.07) is 0. The molecule has 1 N–H and O–H groups in total. The van der Waals surface area contributed by atoms with Gasteiger partial charge >= 0.3 is 0 Å². The molecule has 0 amide bonds. The zero-order valence-corrected chi connectivity index (χ0v) is 22.4. The molecule has 5 fully saturated rings. The lowest BCUT2D eigenvalue weighted by Gasteiger charge is -2.63. The van der Waals surface area contributed by atoms with Gasteiger partial charge in [-0.3, -0.25) is 0 Å². The van der Waals surface area contributed by atoms with Crippen LogP contribution in [0, 0.1) is 56.7 Å². The summed E-state index contributed by atoms with van der Waals surface area (Å²) in [5.41, 5.74) is 3.79. The molecule has 0 aliphatic heterocycles. The highest BCUT2D eigenvalue weighted by atomic mass is 16.3. The van der Waals surface area contributed by atoms with Gasteiger partial charge in [0.1, 0.15) is 0 Å². The van der Waals surface area contributed by atoms with Crippen LogP contribution in [0.25, 0.3) is 0 Å². The van der Waals surface area contributed by atoms with Crippen molar-refractivity contribution in [2.45, 2.75) is 125 Å². The molecule has 3 unspecified atom stereocenters. The monoisotopic (exact) mass is 440 g/mol. The normalized spacial score (nSPS) is 51.9. The molecule has 0 heterocycles. The van der Waals surface area contributed by atoms with Crippen LogP contribution in [0.4, 0.5) is 0 Å². The largest absolute Gasteiger partial charge is 0.393 e. The van der Waals surface area contributed by atoms with Crippen LogP contribution in [0.2, 0.25) is 0 Å². The molecule has 5 aliphatic rings. The summed E-state index contributed by atoms with van der Waals surface area (Å²) in [7, 11) is 0. The van der Waals surface area contributed by atoms with E-state index in [0.29, 0.717) is 27.6 Å². The first-order valence-electron chi connectivity index (χ1n) is 14.2. The number of allylic oxidation sites excluding steroid dienone is 1. The smallest absolute Gasteiger partial charge is 0.0594 e. The van der Waals surface area contributed by atoms with Gasteiger partial charge in [0, 0.05) is 0 Å². The highest BCUT2D eigenvalue weighted by Crippen LogP contribution is 2.89. The number of aliphatic hydroxyl groups excluding tert-OH is 1. The quantitative estimate of drug-likeness (QED) is 0.425. The Labute approximate surface area is 199 Å². The second-order valence-corrected chi connectivity index (χ2v) is 14.9. The first kappa shape index (κ1) is 23.4. The number of fused-ring (bicyclic) bond motifs is 2. The molecule has 9 atom stereocenters. The summed E-state index contributed by atoms with van der Waals surface area (Å²) in [4.78, 5) is 0. The van der Waals surface area contributed by atoms with Gasteiger partial charge in [-0.1, -0.05) is 60.6 Å². The van der Waals surface area contributed by atoms with Gasteiger partial charge in [-0.15, -0.1) is 0 Å². The summed E-state index contributed by atoms with van der Waals surface area (Å²) in [5.74, 6) is 4.02. The van der Waals surface area contributed by atoms with Gasteiger partial charge in [-0.05, 0) is 127 Å². The third kappa shape index (κ3) is 2.73. The summed E-state index contributed by atoms with van der Waals surface area (Å²) >= 11 is 0. The minimum absolute atomic E-state index is 0.0888. The van der Waals surface area contributed by atoms with Crippen molar-refractivity contribution in [2.75, 3.05) is 0 Å². The Kier molecular flexibility index (Phi) is 5.21. The van der Waals surface area contributed by atoms with E-state index in [-0.39, 0.29) is 11.5 Å². The minimum Gasteiger partial charge on any atom is -0.393 e. The standard InChI is InChI=1S/C31H52O/c1-20(2)21(3)9-10-22(4)23-13-15-29(8)25-12-11-24-27(5,6)26(32)14-16-30(24)19-31(25,30)18-17-28(23,29)7/h20,22-26,32H,3,9-19H2,1-2,4-8H3/t22?,23-,24?,25?,26+,28-,29+,30-,31+/m1/s1. The molecule has 0 aromatic heterocycles. The van der Waals surface area contributed by atoms with Crippen molar-refractivity contribution in [1.82, 2.24) is 0 Å². The summed E-state index contributed by atoms with van der Waals surface area (Å²) < 4.78 is 0. The molecule has 5 rings (SSSR count). The fraction of sp³-hybridized carbons (Fsp3) is 0.935. The predicted octanol–water partition coefficient (Wildman–Crippen LogP) is 8.41. The van der Waals surface area contributed by atoms with Gasteiger partial charge in [0.25, 0.3) is 0 Å². The molecular formula is C31H52O. The van der Waals surface area contributed by atoms with E-state index in [2.05, 4.69) is 55.0 Å². The van der Waals surface area contributed by atoms with Crippen LogP contribution in [-0.2, 0) is 0 Å². The van der Waals surface area contributed by atoms with Crippen LogP contribution >= 0.6 is 0 Å². The van der Waals surface area contributed by atoms with Crippen molar-refractivity contribution in [1.29, 1.82) is 0 Å². The Balaban J connectivity index is 1.39. The fourth-order valence-corrected chi connectivity index (χ4v) is 11.2. The van der Waals surface area contributed by atoms with E-state index in [4.69, 9.17) is 0 Å². The first-order valence-corrected chi connectivity index (χ1v) is 14.2. The van der Waals surface area contributed by atoms with Crippen molar-refractivity contribution in [2.24, 2.45) is 56.7 Å². The van der Waals surface area contributed by atoms with E-state index in [9.17, 15) is 5.11 Å². The molecular weight excluding hydrogens is 388 g/mol. The van der Waals surface area contributed by atoms with Crippen LogP contribution in [0.1, 0.15) is 119 Å². The van der Waals surface area contributed by atoms with E-state index in [1.165, 1.54) is 69.8 Å². The third-order valence-corrected chi connectivity index (χ3v) is 13.6. The molecule has 0 bridgehead atoms. The molecule has 0 aromatic rings. The topological polar surface area (TPSA) is 20.2 Å². The Bertz CT molecular complexity index is 779. The molecule has 0 radical (unpaired) electrons. The van der Waals surface area contributed by atoms with E-state index in [1.807, 2.05) is 0 Å². The SMILES string of the molecule is C=C(CCC(C)[C@H]1CC[C@@]2(C)C3CCC4C(C)(C)[C@@H](O)CC[C@@]45C[C@@]35CC[C@]12C)C(C)C. The van der Waals surface area contributed by atoms with E-state index in [1.54, 1.807) is 0 Å². The summed E-state index contributed by atoms with van der Waals surface area (Å²) in [5, 5.41) is 10.9. The lowest BCUT2D eigenvalue weighted by Crippen LogP contribution is -2.57. The number of hydrogen-bond donors (Lipinski definition) is 1. The third-order valence-electron chi connectivity index (χ3n) is 13.6. The molecule has 1 nitrogen and oxygen atoms in total. The number of hydrogen-bond acceptors (Lipinski definition) is 1. The Morgan fingerprint density at radius 2 is 1.50 bits per heavy atom. The molecule has 32 heavy (non-hydrogen) atoms. The van der Waals surface area contributed by atoms with Crippen LogP contribution in [0.5, 0.6) is 0 Å². The lowest BCUT2D eigenvalue weighted by molar-refractivity contribution is -0.161. The van der Waals surface area contributed by atoms with Gasteiger partial charge in [-0.25, -0.2) is 0 Å². The average molecular weight is 441 g/mol. The van der Waals surface area contributed by atoms with Crippen molar-refractivity contribution in [3.63, 3.8) is 0 Å². The van der Waals surface area contributed by atoms with Crippen molar-refractivity contribution in [3.05, 3.63) is 12.2 Å². The van der Waals surface area contributed by atoms with E-state index < -0.39 is 0 Å². The lowest BCUT2D eigenvalue weighted by atomic mass is 9.41. The van der Waals surface area contributed by atoms with Gasteiger partial charge in [0.15, 0.2) is 0 Å². The van der Waals surface area contributed by atoms with Crippen molar-refractivity contribution in [3.8, 4) is 0 Å². The summed E-state index contributed by atoms with van der Waals surface area (Å²) in [6.45, 7) is 21.8. The first-order chi connectivity index (χ1) is 14.9. The molecule has 182 valence electrons.